The average molecular weight is 290 g/mol. The van der Waals surface area contributed by atoms with Crippen molar-refractivity contribution in [3.63, 3.8) is 0 Å². The minimum absolute atomic E-state index is 0.760. The van der Waals surface area contributed by atoms with Crippen LogP contribution in [-0.4, -0.2) is 11.4 Å². The first-order valence-electron chi connectivity index (χ1n) is 8.60. The molecule has 1 nitrogen and oxygen atoms in total. The molecule has 0 rings (SSSR count). The van der Waals surface area contributed by atoms with Crippen LogP contribution in [0.5, 0.6) is 0 Å². The predicted octanol–water partition coefficient (Wildman–Crippen LogP) is 6.46. The quantitative estimate of drug-likeness (QED) is 0.201. The van der Waals surface area contributed by atoms with E-state index in [-0.39, 0.29) is 0 Å². The van der Waals surface area contributed by atoms with Gasteiger partial charge >= 0.3 is 0 Å². The summed E-state index contributed by atoms with van der Waals surface area (Å²) in [6.07, 6.45) is 23.0. The van der Waals surface area contributed by atoms with Crippen LogP contribution in [0, 0.1) is 5.92 Å². The lowest BCUT2D eigenvalue weighted by molar-refractivity contribution is 0.460. The minimum Gasteiger partial charge on any atom is -0.355 e. The molecule has 0 spiro atoms. The Bertz CT molecular complexity index is 301. The third-order valence-corrected chi connectivity index (χ3v) is 3.81. The summed E-state index contributed by atoms with van der Waals surface area (Å²) in [5.41, 5.74) is 0. The fourth-order valence-corrected chi connectivity index (χ4v) is 2.41. The molecule has 1 heteroatoms. The van der Waals surface area contributed by atoms with Crippen molar-refractivity contribution in [3.8, 4) is 0 Å². The van der Waals surface area contributed by atoms with Gasteiger partial charge in [0.05, 0.1) is 0 Å². The minimum atomic E-state index is 0.760. The highest BCUT2D eigenvalue weighted by atomic mass is 15.1. The number of allylic oxidation sites excluding steroid dienone is 4. The molecule has 1 atom stereocenters. The first kappa shape index (κ1) is 19.8. The highest BCUT2D eigenvalue weighted by Crippen LogP contribution is 2.19. The monoisotopic (exact) mass is 289 g/mol. The molecule has 120 valence electrons. The molecule has 0 fully saturated rings. The molecule has 0 aromatic carbocycles. The summed E-state index contributed by atoms with van der Waals surface area (Å²) < 4.78 is 0. The third-order valence-electron chi connectivity index (χ3n) is 3.81. The molecule has 0 aliphatic carbocycles. The average Bonchev–Trinajstić information content (AvgIpc) is 2.50. The maximum atomic E-state index is 3.89. The van der Waals surface area contributed by atoms with Crippen LogP contribution in [0.2, 0.25) is 0 Å². The maximum Gasteiger partial charge on any atom is 0.0190 e. The van der Waals surface area contributed by atoms with Crippen LogP contribution < -0.4 is 0 Å². The van der Waals surface area contributed by atoms with Crippen LogP contribution >= 0.6 is 0 Å². The zero-order chi connectivity index (χ0) is 15.8. The lowest BCUT2D eigenvalue weighted by atomic mass is 9.94. The molecular weight excluding hydrogens is 254 g/mol. The second-order valence-electron chi connectivity index (χ2n) is 5.61. The molecule has 0 saturated heterocycles. The van der Waals surface area contributed by atoms with E-state index in [0.29, 0.717) is 0 Å². The lowest BCUT2D eigenvalue weighted by Gasteiger charge is -2.12. The first-order valence-corrected chi connectivity index (χ1v) is 8.60. The molecule has 0 aliphatic rings. The molecule has 0 aromatic heterocycles. The predicted molar refractivity (Wildman–Crippen MR) is 97.2 cm³/mol. The second-order valence-corrected chi connectivity index (χ2v) is 5.61. The van der Waals surface area contributed by atoms with Gasteiger partial charge in [-0.05, 0) is 44.4 Å². The van der Waals surface area contributed by atoms with Gasteiger partial charge < -0.3 is 4.90 Å². The van der Waals surface area contributed by atoms with Gasteiger partial charge in [0, 0.05) is 12.7 Å². The lowest BCUT2D eigenvalue weighted by Crippen LogP contribution is -2.06. The summed E-state index contributed by atoms with van der Waals surface area (Å²) in [5.74, 6) is 0.760. The molecular formula is C20H35N. The number of nitrogens with zero attached hydrogens (tertiary/aromatic N) is 1. The van der Waals surface area contributed by atoms with Crippen molar-refractivity contribution in [3.05, 3.63) is 49.9 Å². The van der Waals surface area contributed by atoms with E-state index >= 15 is 0 Å². The molecule has 0 amide bonds. The smallest absolute Gasteiger partial charge is 0.0190 e. The normalized spacial score (nSPS) is 12.9. The Morgan fingerprint density at radius 2 is 1.71 bits per heavy atom. The fraction of sp³-hybridized carbons (Fsp3) is 0.600. The van der Waals surface area contributed by atoms with Crippen molar-refractivity contribution >= 4 is 0 Å². The number of hydrogen-bond acceptors (Lipinski definition) is 1. The van der Waals surface area contributed by atoms with Gasteiger partial charge in [-0.3, -0.25) is 0 Å². The SMILES string of the molecule is C=CCC(C/C=C/C=C/N(C=C)CC)CCCCCCC. The van der Waals surface area contributed by atoms with E-state index in [9.17, 15) is 0 Å². The summed E-state index contributed by atoms with van der Waals surface area (Å²) in [4.78, 5) is 2.07. The zero-order valence-electron chi connectivity index (χ0n) is 14.3. The van der Waals surface area contributed by atoms with E-state index < -0.39 is 0 Å². The van der Waals surface area contributed by atoms with Gasteiger partial charge in [0.15, 0.2) is 0 Å². The van der Waals surface area contributed by atoms with E-state index in [4.69, 9.17) is 0 Å². The van der Waals surface area contributed by atoms with Gasteiger partial charge in [0.2, 0.25) is 0 Å². The number of rotatable bonds is 14. The summed E-state index contributed by atoms with van der Waals surface area (Å²) in [5, 5.41) is 0. The van der Waals surface area contributed by atoms with Gasteiger partial charge in [-0.1, -0.05) is 63.8 Å². The van der Waals surface area contributed by atoms with Crippen molar-refractivity contribution in [2.75, 3.05) is 6.54 Å². The van der Waals surface area contributed by atoms with Crippen molar-refractivity contribution in [2.45, 2.75) is 65.2 Å². The van der Waals surface area contributed by atoms with Gasteiger partial charge in [-0.15, -0.1) is 6.58 Å². The zero-order valence-corrected chi connectivity index (χ0v) is 14.3. The standard InChI is InChI=1S/C20H35N/c1-5-9-10-11-13-17-20(16-6-2)18-14-12-15-19-21(7-3)8-4/h6-7,12,14-15,19-20H,2-3,5,8-11,13,16-18H2,1,4H3/b14-12+,19-15+. The summed E-state index contributed by atoms with van der Waals surface area (Å²) in [6.45, 7) is 13.0. The number of unbranched alkanes of at least 4 members (excludes halogenated alkanes) is 4. The Hall–Kier alpha value is -1.24. The van der Waals surface area contributed by atoms with Crippen molar-refractivity contribution < 1.29 is 0 Å². The van der Waals surface area contributed by atoms with Gasteiger partial charge in [-0.2, -0.15) is 0 Å². The highest BCUT2D eigenvalue weighted by Gasteiger charge is 2.04. The molecule has 0 aromatic rings. The largest absolute Gasteiger partial charge is 0.355 e. The van der Waals surface area contributed by atoms with Crippen LogP contribution in [0.15, 0.2) is 49.9 Å². The molecule has 1 unspecified atom stereocenters. The highest BCUT2D eigenvalue weighted by molar-refractivity contribution is 5.03. The van der Waals surface area contributed by atoms with Crippen molar-refractivity contribution in [1.29, 1.82) is 0 Å². The Morgan fingerprint density at radius 3 is 2.33 bits per heavy atom. The Kier molecular flexibility index (Phi) is 14.3. The maximum absolute atomic E-state index is 3.89. The van der Waals surface area contributed by atoms with Crippen LogP contribution in [-0.2, 0) is 0 Å². The van der Waals surface area contributed by atoms with E-state index in [1.165, 1.54) is 38.5 Å². The molecule has 21 heavy (non-hydrogen) atoms. The van der Waals surface area contributed by atoms with Gasteiger partial charge in [0.25, 0.3) is 0 Å². The van der Waals surface area contributed by atoms with Gasteiger partial charge in [0.1, 0.15) is 0 Å². The van der Waals surface area contributed by atoms with E-state index in [1.807, 2.05) is 6.20 Å². The van der Waals surface area contributed by atoms with Crippen LogP contribution in [0.1, 0.15) is 65.2 Å². The fourth-order valence-electron chi connectivity index (χ4n) is 2.41. The topological polar surface area (TPSA) is 3.24 Å². The molecule has 0 aliphatic heterocycles. The van der Waals surface area contributed by atoms with Crippen molar-refractivity contribution in [1.82, 2.24) is 4.90 Å². The van der Waals surface area contributed by atoms with E-state index in [2.05, 4.69) is 62.4 Å². The Balaban J connectivity index is 3.96. The Labute approximate surface area is 133 Å². The van der Waals surface area contributed by atoms with Crippen LogP contribution in [0.3, 0.4) is 0 Å². The third kappa shape index (κ3) is 12.2. The molecule has 0 N–H and O–H groups in total. The van der Waals surface area contributed by atoms with Crippen LogP contribution in [0.4, 0.5) is 0 Å². The summed E-state index contributed by atoms with van der Waals surface area (Å²) in [6, 6.07) is 0. The van der Waals surface area contributed by atoms with E-state index in [1.54, 1.807) is 0 Å². The van der Waals surface area contributed by atoms with Gasteiger partial charge in [-0.25, -0.2) is 0 Å². The van der Waals surface area contributed by atoms with E-state index in [0.717, 1.165) is 25.3 Å². The molecule has 0 saturated carbocycles. The summed E-state index contributed by atoms with van der Waals surface area (Å²) >= 11 is 0. The van der Waals surface area contributed by atoms with Crippen LogP contribution in [0.25, 0.3) is 0 Å². The summed E-state index contributed by atoms with van der Waals surface area (Å²) in [7, 11) is 0. The molecule has 0 bridgehead atoms. The molecule has 0 heterocycles. The molecule has 0 radical (unpaired) electrons. The Morgan fingerprint density at radius 1 is 0.952 bits per heavy atom. The number of hydrogen-bond donors (Lipinski definition) is 0. The first-order chi connectivity index (χ1) is 10.3. The van der Waals surface area contributed by atoms with Crippen molar-refractivity contribution in [2.24, 2.45) is 5.92 Å². The second kappa shape index (κ2) is 15.2.